The molecule has 1 aliphatic rings. The van der Waals surface area contributed by atoms with E-state index in [-0.39, 0.29) is 5.82 Å². The van der Waals surface area contributed by atoms with E-state index in [0.717, 1.165) is 0 Å². The van der Waals surface area contributed by atoms with Crippen LogP contribution in [0.2, 0.25) is 0 Å². The number of halogens is 4. The molecule has 3 heterocycles. The van der Waals surface area contributed by atoms with Crippen molar-refractivity contribution in [3.05, 3.63) is 36.0 Å². The summed E-state index contributed by atoms with van der Waals surface area (Å²) in [4.78, 5) is 15.3. The number of rotatable bonds is 3. The fourth-order valence-corrected chi connectivity index (χ4v) is 2.58. The van der Waals surface area contributed by atoms with Crippen molar-refractivity contribution in [2.24, 2.45) is 0 Å². The molecule has 0 bridgehead atoms. The van der Waals surface area contributed by atoms with E-state index in [9.17, 15) is 17.6 Å². The minimum Gasteiger partial charge on any atom is -0.481 e. The molecule has 25 heavy (non-hydrogen) atoms. The normalized spacial score (nSPS) is 15.4. The Kier molecular flexibility index (Phi) is 4.60. The first-order chi connectivity index (χ1) is 11.9. The van der Waals surface area contributed by atoms with Crippen molar-refractivity contribution in [2.45, 2.75) is 6.18 Å². The summed E-state index contributed by atoms with van der Waals surface area (Å²) in [5.41, 5.74) is -1.10. The maximum Gasteiger partial charge on any atom is 0.417 e. The molecule has 2 aromatic heterocycles. The van der Waals surface area contributed by atoms with Crippen LogP contribution >= 0.6 is 0 Å². The Balaban J connectivity index is 1.70. The second-order valence-corrected chi connectivity index (χ2v) is 5.42. The lowest BCUT2D eigenvalue weighted by atomic mass is 10.2. The molecule has 0 amide bonds. The van der Waals surface area contributed by atoms with Crippen LogP contribution in [0.4, 0.5) is 29.2 Å². The van der Waals surface area contributed by atoms with Crippen molar-refractivity contribution < 1.29 is 22.3 Å². The molecule has 1 saturated heterocycles. The third kappa shape index (κ3) is 3.72. The quantitative estimate of drug-likeness (QED) is 0.786. The maximum absolute atomic E-state index is 14.0. The highest BCUT2D eigenvalue weighted by Gasteiger charge is 2.32. The summed E-state index contributed by atoms with van der Waals surface area (Å²) >= 11 is 0. The molecule has 1 aliphatic heterocycles. The van der Waals surface area contributed by atoms with Crippen LogP contribution in [-0.4, -0.2) is 48.2 Å². The van der Waals surface area contributed by atoms with Gasteiger partial charge in [0.1, 0.15) is 12.1 Å². The van der Waals surface area contributed by atoms with Crippen LogP contribution in [0.3, 0.4) is 0 Å². The largest absolute Gasteiger partial charge is 0.481 e. The Morgan fingerprint density at radius 1 is 1.00 bits per heavy atom. The molecular weight excluding hydrogens is 342 g/mol. The van der Waals surface area contributed by atoms with Crippen molar-refractivity contribution in [1.82, 2.24) is 15.0 Å². The summed E-state index contributed by atoms with van der Waals surface area (Å²) < 4.78 is 56.9. The monoisotopic (exact) mass is 357 g/mol. The lowest BCUT2D eigenvalue weighted by molar-refractivity contribution is -0.138. The highest BCUT2D eigenvalue weighted by Crippen LogP contribution is 2.31. The Labute approximate surface area is 141 Å². The number of methoxy groups -OCH3 is 1. The summed E-state index contributed by atoms with van der Waals surface area (Å²) in [5.74, 6) is 0.0510. The number of pyridine rings is 1. The van der Waals surface area contributed by atoms with E-state index in [1.165, 1.54) is 13.4 Å². The summed E-state index contributed by atoms with van der Waals surface area (Å²) in [6, 6.07) is 2.16. The molecule has 6 nitrogen and oxygen atoms in total. The van der Waals surface area contributed by atoms with Gasteiger partial charge in [-0.25, -0.2) is 19.3 Å². The molecule has 1 fully saturated rings. The first kappa shape index (κ1) is 17.2. The summed E-state index contributed by atoms with van der Waals surface area (Å²) in [6.45, 7) is 1.84. The average Bonchev–Trinajstić information content (AvgIpc) is 2.61. The maximum atomic E-state index is 14.0. The van der Waals surface area contributed by atoms with Crippen LogP contribution in [-0.2, 0) is 6.18 Å². The van der Waals surface area contributed by atoms with Gasteiger partial charge in [-0.1, -0.05) is 0 Å². The van der Waals surface area contributed by atoms with Gasteiger partial charge < -0.3 is 14.5 Å². The van der Waals surface area contributed by atoms with E-state index < -0.39 is 17.6 Å². The van der Waals surface area contributed by atoms with Crippen LogP contribution in [0.15, 0.2) is 24.7 Å². The summed E-state index contributed by atoms with van der Waals surface area (Å²) in [7, 11) is 1.50. The number of hydrogen-bond donors (Lipinski definition) is 0. The van der Waals surface area contributed by atoms with E-state index in [4.69, 9.17) is 4.74 Å². The number of aromatic nitrogens is 3. The zero-order valence-corrected chi connectivity index (χ0v) is 13.3. The number of alkyl halides is 3. The van der Waals surface area contributed by atoms with Gasteiger partial charge in [-0.15, -0.1) is 0 Å². The lowest BCUT2D eigenvalue weighted by Crippen LogP contribution is -2.47. The number of hydrogen-bond acceptors (Lipinski definition) is 6. The fourth-order valence-electron chi connectivity index (χ4n) is 2.58. The molecule has 0 N–H and O–H groups in total. The molecule has 0 aromatic carbocycles. The molecular formula is C15H15F4N5O. The van der Waals surface area contributed by atoms with E-state index in [0.29, 0.717) is 50.1 Å². The van der Waals surface area contributed by atoms with Crippen molar-refractivity contribution in [2.75, 3.05) is 43.1 Å². The smallest absolute Gasteiger partial charge is 0.417 e. The topological polar surface area (TPSA) is 54.4 Å². The summed E-state index contributed by atoms with van der Waals surface area (Å²) in [6.07, 6.45) is -2.57. The standard InChI is InChI=1S/C15H15F4N5O/c1-25-13-7-12(21-9-22-13)23-2-4-24(5-3-23)14-11(16)6-10(8-20-14)15(17,18)19/h6-9H,2-5H2,1H3. The first-order valence-corrected chi connectivity index (χ1v) is 7.47. The third-order valence-electron chi connectivity index (χ3n) is 3.89. The van der Waals surface area contributed by atoms with E-state index in [1.807, 2.05) is 4.90 Å². The predicted molar refractivity (Wildman–Crippen MR) is 82.2 cm³/mol. The average molecular weight is 357 g/mol. The van der Waals surface area contributed by atoms with Crippen LogP contribution in [0.1, 0.15) is 5.56 Å². The van der Waals surface area contributed by atoms with Gasteiger partial charge in [0, 0.05) is 38.4 Å². The Morgan fingerprint density at radius 2 is 1.68 bits per heavy atom. The van der Waals surface area contributed by atoms with Gasteiger partial charge in [0.25, 0.3) is 0 Å². The molecule has 0 radical (unpaired) electrons. The first-order valence-electron chi connectivity index (χ1n) is 7.47. The van der Waals surface area contributed by atoms with Crippen LogP contribution < -0.4 is 14.5 Å². The van der Waals surface area contributed by atoms with Gasteiger partial charge in [0.2, 0.25) is 5.88 Å². The number of anilines is 2. The van der Waals surface area contributed by atoms with E-state index >= 15 is 0 Å². The second-order valence-electron chi connectivity index (χ2n) is 5.42. The van der Waals surface area contributed by atoms with Crippen molar-refractivity contribution >= 4 is 11.6 Å². The summed E-state index contributed by atoms with van der Waals surface area (Å²) in [5, 5.41) is 0. The minimum absolute atomic E-state index is 0.0760. The van der Waals surface area contributed by atoms with Gasteiger partial charge >= 0.3 is 6.18 Å². The number of nitrogens with zero attached hydrogens (tertiary/aromatic N) is 5. The van der Waals surface area contributed by atoms with Gasteiger partial charge in [-0.05, 0) is 6.07 Å². The van der Waals surface area contributed by atoms with Crippen molar-refractivity contribution in [1.29, 1.82) is 0 Å². The second kappa shape index (κ2) is 6.69. The van der Waals surface area contributed by atoms with Crippen molar-refractivity contribution in [3.63, 3.8) is 0 Å². The van der Waals surface area contributed by atoms with Gasteiger partial charge in [0.05, 0.1) is 12.7 Å². The van der Waals surface area contributed by atoms with E-state index in [1.54, 1.807) is 11.0 Å². The molecule has 3 rings (SSSR count). The van der Waals surface area contributed by atoms with Crippen LogP contribution in [0.5, 0.6) is 5.88 Å². The highest BCUT2D eigenvalue weighted by molar-refractivity contribution is 5.47. The molecule has 2 aromatic rings. The van der Waals surface area contributed by atoms with Crippen molar-refractivity contribution in [3.8, 4) is 5.88 Å². The van der Waals surface area contributed by atoms with E-state index in [2.05, 4.69) is 15.0 Å². The van der Waals surface area contributed by atoms with Crippen LogP contribution in [0, 0.1) is 5.82 Å². The van der Waals surface area contributed by atoms with Gasteiger partial charge in [0.15, 0.2) is 11.6 Å². The van der Waals surface area contributed by atoms with Gasteiger partial charge in [-0.3, -0.25) is 0 Å². The van der Waals surface area contributed by atoms with Gasteiger partial charge in [-0.2, -0.15) is 13.2 Å². The molecule has 10 heteroatoms. The molecule has 0 unspecified atom stereocenters. The number of piperazine rings is 1. The lowest BCUT2D eigenvalue weighted by Gasteiger charge is -2.36. The molecule has 0 aliphatic carbocycles. The highest BCUT2D eigenvalue weighted by atomic mass is 19.4. The third-order valence-corrected chi connectivity index (χ3v) is 3.89. The Hall–Kier alpha value is -2.65. The molecule has 134 valence electrons. The molecule has 0 saturated carbocycles. The SMILES string of the molecule is COc1cc(N2CCN(c3ncc(C(F)(F)F)cc3F)CC2)ncn1. The fraction of sp³-hybridized carbons (Fsp3) is 0.400. The Morgan fingerprint density at radius 3 is 2.28 bits per heavy atom. The van der Waals surface area contributed by atoms with Crippen LogP contribution in [0.25, 0.3) is 0 Å². The zero-order valence-electron chi connectivity index (χ0n) is 13.3. The molecule has 0 atom stereocenters. The predicted octanol–water partition coefficient (Wildman–Crippen LogP) is 2.36. The minimum atomic E-state index is -4.61. The number of ether oxygens (including phenoxy) is 1. The zero-order chi connectivity index (χ0) is 18.0. The Bertz CT molecular complexity index is 747. The molecule has 0 spiro atoms.